The first-order valence-electron chi connectivity index (χ1n) is 5.20. The molecule has 1 fully saturated rings. The first-order chi connectivity index (χ1) is 7.25. The topological polar surface area (TPSA) is 77.0 Å². The quantitative estimate of drug-likeness (QED) is 0.811. The van der Waals surface area contributed by atoms with E-state index in [-0.39, 0.29) is 6.04 Å². The summed E-state index contributed by atoms with van der Waals surface area (Å²) in [6.45, 7) is 2.72. The van der Waals surface area contributed by atoms with E-state index in [9.17, 15) is 0 Å². The Kier molecular flexibility index (Phi) is 3.48. The van der Waals surface area contributed by atoms with E-state index in [0.29, 0.717) is 17.2 Å². The van der Waals surface area contributed by atoms with Gasteiger partial charge in [-0.2, -0.15) is 11.8 Å². The van der Waals surface area contributed by atoms with Gasteiger partial charge in [-0.3, -0.25) is 0 Å². The maximum atomic E-state index is 5.62. The van der Waals surface area contributed by atoms with Gasteiger partial charge in [0.15, 0.2) is 0 Å². The van der Waals surface area contributed by atoms with E-state index < -0.39 is 0 Å². The third kappa shape index (κ3) is 2.85. The summed E-state index contributed by atoms with van der Waals surface area (Å²) in [5.74, 6) is 1.75. The summed E-state index contributed by atoms with van der Waals surface area (Å²) in [4.78, 5) is 0. The SMILES string of the molecule is CC(N)c1nnc(NCC2CCCS2)o1. The summed E-state index contributed by atoms with van der Waals surface area (Å²) < 4.78 is 5.34. The van der Waals surface area contributed by atoms with Crippen molar-refractivity contribution < 1.29 is 4.42 Å². The van der Waals surface area contributed by atoms with Crippen LogP contribution in [-0.2, 0) is 0 Å². The molecule has 0 aromatic carbocycles. The van der Waals surface area contributed by atoms with Crippen molar-refractivity contribution in [1.29, 1.82) is 0 Å². The van der Waals surface area contributed by atoms with Crippen molar-refractivity contribution in [1.82, 2.24) is 10.2 Å². The van der Waals surface area contributed by atoms with Crippen LogP contribution in [0.3, 0.4) is 0 Å². The molecule has 6 heteroatoms. The van der Waals surface area contributed by atoms with Gasteiger partial charge in [0.25, 0.3) is 0 Å². The molecule has 1 aromatic rings. The second-order valence-corrected chi connectivity index (χ2v) is 5.16. The lowest BCUT2D eigenvalue weighted by Gasteiger charge is -2.07. The van der Waals surface area contributed by atoms with Crippen molar-refractivity contribution in [2.24, 2.45) is 5.73 Å². The van der Waals surface area contributed by atoms with Crippen LogP contribution in [0.5, 0.6) is 0 Å². The lowest BCUT2D eigenvalue weighted by Crippen LogP contribution is -2.13. The highest BCUT2D eigenvalue weighted by Crippen LogP contribution is 2.26. The third-order valence-corrected chi connectivity index (χ3v) is 3.73. The molecule has 1 saturated heterocycles. The molecule has 0 bridgehead atoms. The monoisotopic (exact) mass is 228 g/mol. The Balaban J connectivity index is 1.82. The molecule has 15 heavy (non-hydrogen) atoms. The summed E-state index contributed by atoms with van der Waals surface area (Å²) in [6, 6.07) is 0.281. The first-order valence-corrected chi connectivity index (χ1v) is 6.25. The molecule has 1 aliphatic heterocycles. The summed E-state index contributed by atoms with van der Waals surface area (Å²) >= 11 is 2.00. The molecule has 5 nitrogen and oxygen atoms in total. The van der Waals surface area contributed by atoms with Crippen LogP contribution in [0.15, 0.2) is 4.42 Å². The Labute approximate surface area is 93.2 Å². The summed E-state index contributed by atoms with van der Waals surface area (Å²) in [5, 5.41) is 11.6. The molecule has 1 aliphatic rings. The predicted molar refractivity (Wildman–Crippen MR) is 60.9 cm³/mol. The van der Waals surface area contributed by atoms with Gasteiger partial charge in [-0.15, -0.1) is 5.10 Å². The maximum absolute atomic E-state index is 5.62. The van der Waals surface area contributed by atoms with Crippen LogP contribution < -0.4 is 11.1 Å². The normalized spacial score (nSPS) is 22.9. The van der Waals surface area contributed by atoms with Gasteiger partial charge >= 0.3 is 6.01 Å². The van der Waals surface area contributed by atoms with E-state index in [2.05, 4.69) is 15.5 Å². The Bertz CT molecular complexity index is 309. The van der Waals surface area contributed by atoms with Crippen LogP contribution in [0.2, 0.25) is 0 Å². The van der Waals surface area contributed by atoms with Gasteiger partial charge in [-0.05, 0) is 25.5 Å². The molecule has 2 unspecified atom stereocenters. The van der Waals surface area contributed by atoms with Crippen LogP contribution >= 0.6 is 11.8 Å². The van der Waals surface area contributed by atoms with Crippen LogP contribution in [0.1, 0.15) is 31.7 Å². The number of nitrogens with one attached hydrogen (secondary N) is 1. The van der Waals surface area contributed by atoms with Crippen molar-refractivity contribution in [2.45, 2.75) is 31.1 Å². The van der Waals surface area contributed by atoms with E-state index in [1.165, 1.54) is 18.6 Å². The maximum Gasteiger partial charge on any atom is 0.315 e. The van der Waals surface area contributed by atoms with Crippen LogP contribution in [0, 0.1) is 0 Å². The number of anilines is 1. The number of nitrogens with two attached hydrogens (primary N) is 1. The van der Waals surface area contributed by atoms with E-state index in [1.54, 1.807) is 0 Å². The Hall–Kier alpha value is -0.750. The summed E-state index contributed by atoms with van der Waals surface area (Å²) in [5.41, 5.74) is 5.62. The van der Waals surface area contributed by atoms with E-state index in [4.69, 9.17) is 10.2 Å². The van der Waals surface area contributed by atoms with Gasteiger partial charge in [0.2, 0.25) is 5.89 Å². The van der Waals surface area contributed by atoms with Crippen molar-refractivity contribution in [3.63, 3.8) is 0 Å². The van der Waals surface area contributed by atoms with E-state index in [1.807, 2.05) is 18.7 Å². The van der Waals surface area contributed by atoms with Gasteiger partial charge in [-0.25, -0.2) is 0 Å². The molecule has 2 rings (SSSR count). The predicted octanol–water partition coefficient (Wildman–Crippen LogP) is 1.40. The van der Waals surface area contributed by atoms with Gasteiger partial charge in [0, 0.05) is 11.8 Å². The second-order valence-electron chi connectivity index (χ2n) is 3.75. The number of rotatable bonds is 4. The molecule has 0 aliphatic carbocycles. The van der Waals surface area contributed by atoms with Gasteiger partial charge in [0.1, 0.15) is 0 Å². The molecule has 2 atom stereocenters. The molecule has 0 saturated carbocycles. The highest BCUT2D eigenvalue weighted by molar-refractivity contribution is 8.00. The summed E-state index contributed by atoms with van der Waals surface area (Å²) in [6.07, 6.45) is 2.58. The largest absolute Gasteiger partial charge is 0.406 e. The minimum absolute atomic E-state index is 0.200. The zero-order valence-corrected chi connectivity index (χ0v) is 9.59. The van der Waals surface area contributed by atoms with Crippen LogP contribution in [0.4, 0.5) is 6.01 Å². The fourth-order valence-electron chi connectivity index (χ4n) is 1.50. The number of nitrogens with zero attached hydrogens (tertiary/aromatic N) is 2. The third-order valence-electron chi connectivity index (χ3n) is 2.34. The molecular formula is C9H16N4OS. The number of hydrogen-bond donors (Lipinski definition) is 2. The first kappa shape index (κ1) is 10.8. The Morgan fingerprint density at radius 3 is 3.13 bits per heavy atom. The molecular weight excluding hydrogens is 212 g/mol. The lowest BCUT2D eigenvalue weighted by molar-refractivity contribution is 0.472. The van der Waals surface area contributed by atoms with Crippen molar-refractivity contribution in [3.05, 3.63) is 5.89 Å². The molecule has 3 N–H and O–H groups in total. The van der Waals surface area contributed by atoms with E-state index >= 15 is 0 Å². The highest BCUT2D eigenvalue weighted by Gasteiger charge is 2.16. The highest BCUT2D eigenvalue weighted by atomic mass is 32.2. The molecule has 2 heterocycles. The van der Waals surface area contributed by atoms with Crippen molar-refractivity contribution in [3.8, 4) is 0 Å². The van der Waals surface area contributed by atoms with Crippen molar-refractivity contribution >= 4 is 17.8 Å². The number of hydrogen-bond acceptors (Lipinski definition) is 6. The zero-order valence-electron chi connectivity index (χ0n) is 8.77. The second kappa shape index (κ2) is 4.85. The standard InChI is InChI=1S/C9H16N4OS/c1-6(10)8-12-13-9(14-8)11-5-7-3-2-4-15-7/h6-7H,2-5,10H2,1H3,(H,11,13). The molecule has 0 radical (unpaired) electrons. The minimum atomic E-state index is -0.200. The molecule has 1 aromatic heterocycles. The fraction of sp³-hybridized carbons (Fsp3) is 0.778. The van der Waals surface area contributed by atoms with Crippen LogP contribution in [0.25, 0.3) is 0 Å². The number of thioether (sulfide) groups is 1. The van der Waals surface area contributed by atoms with E-state index in [0.717, 1.165) is 6.54 Å². The average molecular weight is 228 g/mol. The van der Waals surface area contributed by atoms with Gasteiger partial charge in [0.05, 0.1) is 6.04 Å². The Morgan fingerprint density at radius 2 is 2.53 bits per heavy atom. The molecule has 0 amide bonds. The molecule has 84 valence electrons. The Morgan fingerprint density at radius 1 is 1.67 bits per heavy atom. The average Bonchev–Trinajstić information content (AvgIpc) is 2.86. The fourth-order valence-corrected chi connectivity index (χ4v) is 2.70. The summed E-state index contributed by atoms with van der Waals surface area (Å²) in [7, 11) is 0. The van der Waals surface area contributed by atoms with Crippen molar-refractivity contribution in [2.75, 3.05) is 17.6 Å². The molecule has 0 spiro atoms. The minimum Gasteiger partial charge on any atom is -0.406 e. The lowest BCUT2D eigenvalue weighted by atomic mass is 10.2. The van der Waals surface area contributed by atoms with Crippen LogP contribution in [-0.4, -0.2) is 27.7 Å². The smallest absolute Gasteiger partial charge is 0.315 e. The van der Waals surface area contributed by atoms with Gasteiger partial charge < -0.3 is 15.5 Å². The zero-order chi connectivity index (χ0) is 10.7. The number of aromatic nitrogens is 2. The van der Waals surface area contributed by atoms with Gasteiger partial charge in [-0.1, -0.05) is 5.10 Å².